The molecule has 0 aromatic rings. The lowest BCUT2D eigenvalue weighted by Gasteiger charge is -2.44. The maximum Gasteiger partial charge on any atom is 0.155 e. The molecule has 1 aliphatic carbocycles. The molecule has 3 nitrogen and oxygen atoms in total. The molecule has 3 atom stereocenters. The Morgan fingerprint density at radius 2 is 2.00 bits per heavy atom. The van der Waals surface area contributed by atoms with E-state index in [1.54, 1.807) is 0 Å². The Bertz CT molecular complexity index is 312. The summed E-state index contributed by atoms with van der Waals surface area (Å²) in [5, 5.41) is 0. The Morgan fingerprint density at radius 3 is 2.58 bits per heavy atom. The van der Waals surface area contributed by atoms with Crippen LogP contribution in [0.3, 0.4) is 0 Å². The summed E-state index contributed by atoms with van der Waals surface area (Å²) in [5.41, 5.74) is -0.272. The number of hydrogen-bond donors (Lipinski definition) is 0. The minimum Gasteiger partial charge on any atom is -0.379 e. The molecule has 110 valence electrons. The van der Waals surface area contributed by atoms with Crippen LogP contribution in [-0.4, -0.2) is 42.5 Å². The van der Waals surface area contributed by atoms with Crippen molar-refractivity contribution in [2.24, 2.45) is 11.8 Å². The number of nitrogens with zero attached hydrogens (tertiary/aromatic N) is 1. The van der Waals surface area contributed by atoms with Crippen molar-refractivity contribution in [3.8, 4) is 0 Å². The van der Waals surface area contributed by atoms with Gasteiger partial charge in [0.25, 0.3) is 0 Å². The van der Waals surface area contributed by atoms with Gasteiger partial charge in [-0.3, -0.25) is 9.69 Å². The van der Waals surface area contributed by atoms with Gasteiger partial charge < -0.3 is 4.74 Å². The molecule has 0 spiro atoms. The van der Waals surface area contributed by atoms with Gasteiger partial charge in [0.1, 0.15) is 0 Å². The Labute approximate surface area is 117 Å². The van der Waals surface area contributed by atoms with Crippen LogP contribution in [-0.2, 0) is 9.53 Å². The third kappa shape index (κ3) is 3.19. The van der Waals surface area contributed by atoms with Crippen molar-refractivity contribution in [1.29, 1.82) is 0 Å². The minimum atomic E-state index is -0.272. The number of carbonyl (C=O) groups is 1. The molecule has 2 fully saturated rings. The van der Waals surface area contributed by atoms with Gasteiger partial charge in [-0.1, -0.05) is 26.7 Å². The van der Waals surface area contributed by atoms with Crippen molar-refractivity contribution in [3.05, 3.63) is 0 Å². The van der Waals surface area contributed by atoms with Crippen molar-refractivity contribution in [3.63, 3.8) is 0 Å². The molecule has 0 N–H and O–H groups in total. The van der Waals surface area contributed by atoms with Crippen LogP contribution in [0, 0.1) is 11.8 Å². The second-order valence-electron chi connectivity index (χ2n) is 6.56. The van der Waals surface area contributed by atoms with Gasteiger partial charge >= 0.3 is 0 Å². The van der Waals surface area contributed by atoms with Crippen molar-refractivity contribution in [1.82, 2.24) is 4.90 Å². The SMILES string of the molecule is CCC(C)(C(=O)C1CCCC(C)C1)N1CCOCC1. The van der Waals surface area contributed by atoms with E-state index < -0.39 is 0 Å². The summed E-state index contributed by atoms with van der Waals surface area (Å²) < 4.78 is 5.43. The van der Waals surface area contributed by atoms with E-state index in [4.69, 9.17) is 4.74 Å². The molecule has 3 heteroatoms. The third-order valence-electron chi connectivity index (χ3n) is 5.24. The second kappa shape index (κ2) is 6.36. The first kappa shape index (κ1) is 15.0. The largest absolute Gasteiger partial charge is 0.379 e. The lowest BCUT2D eigenvalue weighted by atomic mass is 9.74. The predicted octanol–water partition coefficient (Wildman–Crippen LogP) is 2.88. The van der Waals surface area contributed by atoms with E-state index in [0.29, 0.717) is 11.7 Å². The fraction of sp³-hybridized carbons (Fsp3) is 0.938. The van der Waals surface area contributed by atoms with Crippen LogP contribution in [0.15, 0.2) is 0 Å². The first-order chi connectivity index (χ1) is 9.08. The summed E-state index contributed by atoms with van der Waals surface area (Å²) >= 11 is 0. The molecule has 1 aliphatic heterocycles. The van der Waals surface area contributed by atoms with Crippen LogP contribution in [0.1, 0.15) is 52.9 Å². The zero-order valence-corrected chi connectivity index (χ0v) is 12.8. The van der Waals surface area contributed by atoms with Crippen LogP contribution in [0.25, 0.3) is 0 Å². The molecule has 1 saturated heterocycles. The monoisotopic (exact) mass is 267 g/mol. The highest BCUT2D eigenvalue weighted by atomic mass is 16.5. The molecule has 0 aromatic heterocycles. The van der Waals surface area contributed by atoms with E-state index in [1.807, 2.05) is 0 Å². The first-order valence-corrected chi connectivity index (χ1v) is 7.95. The van der Waals surface area contributed by atoms with Gasteiger partial charge in [-0.2, -0.15) is 0 Å². The van der Waals surface area contributed by atoms with E-state index in [2.05, 4.69) is 25.7 Å². The molecule has 0 bridgehead atoms. The minimum absolute atomic E-state index is 0.272. The lowest BCUT2D eigenvalue weighted by molar-refractivity contribution is -0.139. The highest BCUT2D eigenvalue weighted by Gasteiger charge is 2.42. The standard InChI is InChI=1S/C16H29NO2/c1-4-16(3,17-8-10-19-11-9-17)15(18)14-7-5-6-13(2)12-14/h13-14H,4-12H2,1-3H3. The van der Waals surface area contributed by atoms with Gasteiger partial charge in [0.2, 0.25) is 0 Å². The van der Waals surface area contributed by atoms with E-state index in [-0.39, 0.29) is 11.5 Å². The molecule has 0 amide bonds. The van der Waals surface area contributed by atoms with Gasteiger partial charge in [0.05, 0.1) is 18.8 Å². The summed E-state index contributed by atoms with van der Waals surface area (Å²) in [5.74, 6) is 1.49. The molecule has 0 radical (unpaired) electrons. The molecule has 19 heavy (non-hydrogen) atoms. The summed E-state index contributed by atoms with van der Waals surface area (Å²) in [6, 6.07) is 0. The van der Waals surface area contributed by atoms with Crippen LogP contribution in [0.5, 0.6) is 0 Å². The zero-order chi connectivity index (χ0) is 13.9. The molecule has 0 aromatic carbocycles. The fourth-order valence-electron chi connectivity index (χ4n) is 3.72. The topological polar surface area (TPSA) is 29.5 Å². The highest BCUT2D eigenvalue weighted by molar-refractivity contribution is 5.90. The summed E-state index contributed by atoms with van der Waals surface area (Å²) in [6.07, 6.45) is 5.63. The van der Waals surface area contributed by atoms with E-state index in [1.165, 1.54) is 12.8 Å². The molecule has 1 saturated carbocycles. The molecular weight excluding hydrogens is 238 g/mol. The van der Waals surface area contributed by atoms with Gasteiger partial charge in [0.15, 0.2) is 5.78 Å². The number of hydrogen-bond acceptors (Lipinski definition) is 3. The van der Waals surface area contributed by atoms with Crippen molar-refractivity contribution in [2.45, 2.75) is 58.4 Å². The highest BCUT2D eigenvalue weighted by Crippen LogP contribution is 2.35. The van der Waals surface area contributed by atoms with Crippen molar-refractivity contribution in [2.75, 3.05) is 26.3 Å². The Morgan fingerprint density at radius 1 is 1.32 bits per heavy atom. The number of ketones is 1. The van der Waals surface area contributed by atoms with Gasteiger partial charge in [-0.25, -0.2) is 0 Å². The van der Waals surface area contributed by atoms with Crippen molar-refractivity contribution >= 4 is 5.78 Å². The summed E-state index contributed by atoms with van der Waals surface area (Å²) in [7, 11) is 0. The van der Waals surface area contributed by atoms with Crippen LogP contribution >= 0.6 is 0 Å². The van der Waals surface area contributed by atoms with Crippen LogP contribution in [0.2, 0.25) is 0 Å². The summed E-state index contributed by atoms with van der Waals surface area (Å²) in [6.45, 7) is 9.93. The van der Waals surface area contributed by atoms with Crippen molar-refractivity contribution < 1.29 is 9.53 Å². The number of Topliss-reactive ketones (excluding diaryl/α,β-unsaturated/α-hetero) is 1. The normalized spacial score (nSPS) is 32.8. The van der Waals surface area contributed by atoms with Crippen LogP contribution in [0.4, 0.5) is 0 Å². The molecule has 2 rings (SSSR count). The Kier molecular flexibility index (Phi) is 5.02. The average molecular weight is 267 g/mol. The van der Waals surface area contributed by atoms with Crippen LogP contribution < -0.4 is 0 Å². The Balaban J connectivity index is 2.07. The number of rotatable bonds is 4. The first-order valence-electron chi connectivity index (χ1n) is 7.95. The maximum atomic E-state index is 13.0. The number of morpholine rings is 1. The quantitative estimate of drug-likeness (QED) is 0.784. The number of carbonyl (C=O) groups excluding carboxylic acids is 1. The van der Waals surface area contributed by atoms with E-state index in [0.717, 1.165) is 45.6 Å². The third-order valence-corrected chi connectivity index (χ3v) is 5.24. The Hall–Kier alpha value is -0.410. The molecule has 3 unspecified atom stereocenters. The lowest BCUT2D eigenvalue weighted by Crippen LogP contribution is -2.57. The second-order valence-corrected chi connectivity index (χ2v) is 6.56. The fourth-order valence-corrected chi connectivity index (χ4v) is 3.72. The van der Waals surface area contributed by atoms with E-state index in [9.17, 15) is 4.79 Å². The summed E-state index contributed by atoms with van der Waals surface area (Å²) in [4.78, 5) is 15.4. The number of ether oxygens (including phenoxy) is 1. The molecular formula is C16H29NO2. The van der Waals surface area contributed by atoms with Gasteiger partial charge in [-0.15, -0.1) is 0 Å². The average Bonchev–Trinajstić information content (AvgIpc) is 2.46. The zero-order valence-electron chi connectivity index (χ0n) is 12.8. The maximum absolute atomic E-state index is 13.0. The predicted molar refractivity (Wildman–Crippen MR) is 77.2 cm³/mol. The molecule has 1 heterocycles. The van der Waals surface area contributed by atoms with E-state index >= 15 is 0 Å². The van der Waals surface area contributed by atoms with Gasteiger partial charge in [-0.05, 0) is 32.1 Å². The smallest absolute Gasteiger partial charge is 0.155 e. The molecule has 2 aliphatic rings. The van der Waals surface area contributed by atoms with Gasteiger partial charge in [0, 0.05) is 19.0 Å².